The van der Waals surface area contributed by atoms with Crippen molar-refractivity contribution in [3.63, 3.8) is 0 Å². The van der Waals surface area contributed by atoms with Crippen LogP contribution in [0.25, 0.3) is 5.57 Å². The van der Waals surface area contributed by atoms with Crippen LogP contribution in [0, 0.1) is 0 Å². The van der Waals surface area contributed by atoms with E-state index in [0.717, 1.165) is 11.6 Å². The molecule has 0 bridgehead atoms. The number of methoxy groups -OCH3 is 2. The van der Waals surface area contributed by atoms with Gasteiger partial charge in [-0.05, 0) is 19.4 Å². The monoisotopic (exact) mass is 392 g/mol. The number of carboxylic acid groups (broad SMARTS) is 1. The third-order valence-electron chi connectivity index (χ3n) is 3.08. The number of benzene rings is 1. The molecule has 154 valence electrons. The van der Waals surface area contributed by atoms with Crippen molar-refractivity contribution in [2.45, 2.75) is 20.0 Å². The number of rotatable bonds is 7. The first-order valence-electron chi connectivity index (χ1n) is 8.22. The molecule has 0 heterocycles. The van der Waals surface area contributed by atoms with E-state index < -0.39 is 11.9 Å². The number of esters is 2. The normalized spacial score (nSPS) is 9.86. The summed E-state index contributed by atoms with van der Waals surface area (Å²) < 4.78 is 14.1. The lowest BCUT2D eigenvalue weighted by Crippen LogP contribution is -2.18. The number of carbonyl (C=O) groups excluding carboxylic acids is 2. The van der Waals surface area contributed by atoms with Crippen LogP contribution in [0.1, 0.15) is 19.4 Å². The predicted molar refractivity (Wildman–Crippen MR) is 108 cm³/mol. The lowest BCUT2D eigenvalue weighted by atomic mass is 10.1. The Labute approximate surface area is 165 Å². The number of ether oxygens (including phenoxy) is 3. The highest BCUT2D eigenvalue weighted by Crippen LogP contribution is 2.12. The van der Waals surface area contributed by atoms with E-state index in [1.54, 1.807) is 6.92 Å². The minimum absolute atomic E-state index is 0.257. The summed E-state index contributed by atoms with van der Waals surface area (Å²) in [6, 6.07) is 9.22. The van der Waals surface area contributed by atoms with Crippen LogP contribution in [-0.4, -0.2) is 49.9 Å². The van der Waals surface area contributed by atoms with E-state index in [2.05, 4.69) is 29.2 Å². The number of aliphatic carboxylic acids is 1. The summed E-state index contributed by atoms with van der Waals surface area (Å²) >= 11 is 0. The zero-order chi connectivity index (χ0) is 22.1. The van der Waals surface area contributed by atoms with E-state index in [0.29, 0.717) is 17.8 Å². The number of carboxylic acids is 1. The average molecular weight is 392 g/mol. The fourth-order valence-corrected chi connectivity index (χ4v) is 1.53. The summed E-state index contributed by atoms with van der Waals surface area (Å²) in [6.45, 7) is 14.3. The van der Waals surface area contributed by atoms with Crippen molar-refractivity contribution in [1.29, 1.82) is 0 Å². The van der Waals surface area contributed by atoms with Gasteiger partial charge in [0, 0.05) is 12.7 Å². The highest BCUT2D eigenvalue weighted by molar-refractivity contribution is 6.15. The van der Waals surface area contributed by atoms with Crippen LogP contribution >= 0.6 is 0 Å². The molecule has 1 aromatic rings. The van der Waals surface area contributed by atoms with Crippen LogP contribution in [0.15, 0.2) is 61.7 Å². The maximum atomic E-state index is 11.0. The van der Waals surface area contributed by atoms with Gasteiger partial charge in [0.2, 0.25) is 0 Å². The van der Waals surface area contributed by atoms with Gasteiger partial charge in [-0.25, -0.2) is 14.4 Å². The Morgan fingerprint density at radius 1 is 1.07 bits per heavy atom. The predicted octanol–water partition coefficient (Wildman–Crippen LogP) is 3.27. The van der Waals surface area contributed by atoms with Crippen LogP contribution in [0.2, 0.25) is 0 Å². The molecule has 28 heavy (non-hydrogen) atoms. The molecule has 0 amide bonds. The molecule has 0 aliphatic heterocycles. The quantitative estimate of drug-likeness (QED) is 0.561. The fraction of sp³-hybridized carbons (Fsp3) is 0.286. The molecular formula is C21H28O7. The summed E-state index contributed by atoms with van der Waals surface area (Å²) in [5.41, 5.74) is 1.54. The van der Waals surface area contributed by atoms with Crippen molar-refractivity contribution < 1.29 is 33.7 Å². The molecule has 0 radical (unpaired) electrons. The molecule has 0 spiro atoms. The van der Waals surface area contributed by atoms with E-state index in [1.165, 1.54) is 14.2 Å². The Hall–Kier alpha value is -3.19. The Bertz CT molecular complexity index is 663. The Kier molecular flexibility index (Phi) is 15.5. The molecule has 0 aliphatic carbocycles. The van der Waals surface area contributed by atoms with Crippen molar-refractivity contribution >= 4 is 23.5 Å². The van der Waals surface area contributed by atoms with Gasteiger partial charge in [-0.2, -0.15) is 0 Å². The van der Waals surface area contributed by atoms with Crippen LogP contribution in [0.3, 0.4) is 0 Å². The maximum absolute atomic E-state index is 11.0. The first-order chi connectivity index (χ1) is 13.2. The van der Waals surface area contributed by atoms with Gasteiger partial charge >= 0.3 is 17.9 Å². The first kappa shape index (κ1) is 27.0. The summed E-state index contributed by atoms with van der Waals surface area (Å²) in [5.74, 6) is -1.78. The molecule has 1 atom stereocenters. The maximum Gasteiger partial charge on any atom is 0.337 e. The molecule has 1 rings (SSSR count). The summed E-state index contributed by atoms with van der Waals surface area (Å²) in [4.78, 5) is 31.1. The van der Waals surface area contributed by atoms with Crippen molar-refractivity contribution in [2.75, 3.05) is 20.8 Å². The van der Waals surface area contributed by atoms with Crippen LogP contribution < -0.4 is 0 Å². The molecule has 1 N–H and O–H groups in total. The third kappa shape index (κ3) is 12.2. The Morgan fingerprint density at radius 2 is 1.54 bits per heavy atom. The molecule has 0 saturated carbocycles. The zero-order valence-corrected chi connectivity index (χ0v) is 16.8. The minimum Gasteiger partial charge on any atom is -0.478 e. The van der Waals surface area contributed by atoms with Gasteiger partial charge < -0.3 is 19.3 Å². The second kappa shape index (κ2) is 16.0. The minimum atomic E-state index is -0.981. The molecule has 0 aliphatic rings. The largest absolute Gasteiger partial charge is 0.478 e. The highest BCUT2D eigenvalue weighted by atomic mass is 16.5. The smallest absolute Gasteiger partial charge is 0.337 e. The molecular weight excluding hydrogens is 364 g/mol. The summed E-state index contributed by atoms with van der Waals surface area (Å²) in [6.07, 6.45) is 0.576. The van der Waals surface area contributed by atoms with Gasteiger partial charge in [0.25, 0.3) is 0 Å². The third-order valence-corrected chi connectivity index (χ3v) is 3.08. The van der Waals surface area contributed by atoms with E-state index >= 15 is 0 Å². The SMILES string of the molecule is C=C(C(=O)OC)C(C)OCC.C=C(C(=O)OC)c1ccccc1.C=CC(=O)O. The lowest BCUT2D eigenvalue weighted by molar-refractivity contribution is -0.137. The highest BCUT2D eigenvalue weighted by Gasteiger charge is 2.14. The van der Waals surface area contributed by atoms with Gasteiger partial charge in [-0.15, -0.1) is 0 Å². The van der Waals surface area contributed by atoms with Crippen molar-refractivity contribution in [1.82, 2.24) is 0 Å². The standard InChI is InChI=1S/C10H10O2.C8H14O3.C3H4O2/c1-8(10(11)12-2)9-6-4-3-5-7-9;1-5-11-7(3)6(2)8(9)10-4;1-2-3(4)5/h3-7H,1H2,2H3;7H,2,5H2,1,3-4H3;2H,1H2,(H,4,5). The molecule has 1 aromatic carbocycles. The number of hydrogen-bond acceptors (Lipinski definition) is 6. The Morgan fingerprint density at radius 3 is 1.89 bits per heavy atom. The summed E-state index contributed by atoms with van der Waals surface area (Å²) in [5, 5.41) is 7.60. The van der Waals surface area contributed by atoms with E-state index in [9.17, 15) is 14.4 Å². The molecule has 1 unspecified atom stereocenters. The number of hydrogen-bond donors (Lipinski definition) is 1. The van der Waals surface area contributed by atoms with E-state index in [1.807, 2.05) is 37.3 Å². The second-order valence-electron chi connectivity index (χ2n) is 4.99. The first-order valence-corrected chi connectivity index (χ1v) is 8.22. The number of carbonyl (C=O) groups is 3. The van der Waals surface area contributed by atoms with Gasteiger partial charge in [0.15, 0.2) is 0 Å². The van der Waals surface area contributed by atoms with Crippen LogP contribution in [0.5, 0.6) is 0 Å². The van der Waals surface area contributed by atoms with Gasteiger partial charge in [0.1, 0.15) is 0 Å². The summed E-state index contributed by atoms with van der Waals surface area (Å²) in [7, 11) is 2.67. The van der Waals surface area contributed by atoms with E-state index in [4.69, 9.17) is 9.84 Å². The van der Waals surface area contributed by atoms with Crippen molar-refractivity contribution in [3.8, 4) is 0 Å². The van der Waals surface area contributed by atoms with Crippen molar-refractivity contribution in [2.24, 2.45) is 0 Å². The average Bonchev–Trinajstić information content (AvgIpc) is 2.72. The van der Waals surface area contributed by atoms with Gasteiger partial charge in [-0.1, -0.05) is 50.1 Å². The second-order valence-corrected chi connectivity index (χ2v) is 4.99. The van der Waals surface area contributed by atoms with Gasteiger partial charge in [-0.3, -0.25) is 0 Å². The lowest BCUT2D eigenvalue weighted by Gasteiger charge is -2.11. The fourth-order valence-electron chi connectivity index (χ4n) is 1.53. The molecule has 0 fully saturated rings. The topological polar surface area (TPSA) is 99.1 Å². The Balaban J connectivity index is 0. The van der Waals surface area contributed by atoms with Gasteiger partial charge in [0.05, 0.1) is 31.5 Å². The van der Waals surface area contributed by atoms with Crippen LogP contribution in [-0.2, 0) is 28.6 Å². The molecule has 0 aromatic heterocycles. The van der Waals surface area contributed by atoms with E-state index in [-0.39, 0.29) is 12.1 Å². The molecule has 7 heteroatoms. The molecule has 0 saturated heterocycles. The molecule has 7 nitrogen and oxygen atoms in total. The van der Waals surface area contributed by atoms with Crippen LogP contribution in [0.4, 0.5) is 0 Å². The zero-order valence-electron chi connectivity index (χ0n) is 16.8. The van der Waals surface area contributed by atoms with Crippen molar-refractivity contribution in [3.05, 3.63) is 67.3 Å².